The van der Waals surface area contributed by atoms with Crippen LogP contribution in [0.15, 0.2) is 18.2 Å². The van der Waals surface area contributed by atoms with Gasteiger partial charge >= 0.3 is 6.18 Å². The third-order valence-electron chi connectivity index (χ3n) is 2.55. The first kappa shape index (κ1) is 14.9. The Labute approximate surface area is 108 Å². The van der Waals surface area contributed by atoms with E-state index in [0.717, 1.165) is 6.92 Å². The molecule has 1 aromatic rings. The Morgan fingerprint density at radius 1 is 1.39 bits per heavy atom. The van der Waals surface area contributed by atoms with Crippen molar-refractivity contribution in [2.45, 2.75) is 25.1 Å². The molecule has 0 aliphatic carbocycles. The smallest absolute Gasteiger partial charge is 0.397 e. The molecule has 0 heterocycles. The molecule has 18 heavy (non-hydrogen) atoms. The van der Waals surface area contributed by atoms with Gasteiger partial charge in [-0.05, 0) is 25.1 Å². The molecular formula is C11H14ClF3N2O. The maximum Gasteiger partial charge on any atom is 0.416 e. The number of anilines is 2. The number of hydrogen-bond acceptors (Lipinski definition) is 3. The fourth-order valence-electron chi connectivity index (χ4n) is 1.28. The highest BCUT2D eigenvalue weighted by atomic mass is 35.5. The van der Waals surface area contributed by atoms with Gasteiger partial charge in [0.05, 0.1) is 11.4 Å². The van der Waals surface area contributed by atoms with E-state index in [0.29, 0.717) is 16.4 Å². The molecule has 0 saturated heterocycles. The molecule has 0 radical (unpaired) electrons. The van der Waals surface area contributed by atoms with Gasteiger partial charge in [-0.1, -0.05) is 11.6 Å². The van der Waals surface area contributed by atoms with Crippen molar-refractivity contribution in [3.63, 3.8) is 0 Å². The third-order valence-corrected chi connectivity index (χ3v) is 2.79. The molecule has 0 fully saturated rings. The van der Waals surface area contributed by atoms with E-state index < -0.39 is 18.2 Å². The van der Waals surface area contributed by atoms with Crippen molar-refractivity contribution in [2.75, 3.05) is 17.6 Å². The summed E-state index contributed by atoms with van der Waals surface area (Å²) in [7, 11) is 0. The lowest BCUT2D eigenvalue weighted by atomic mass is 10.0. The minimum absolute atomic E-state index is 0.0572. The predicted molar refractivity (Wildman–Crippen MR) is 65.6 cm³/mol. The summed E-state index contributed by atoms with van der Waals surface area (Å²) in [6.45, 7) is 0.679. The van der Waals surface area contributed by atoms with Gasteiger partial charge < -0.3 is 16.2 Å². The maximum absolute atomic E-state index is 12.4. The molecule has 0 saturated carbocycles. The largest absolute Gasteiger partial charge is 0.416 e. The number of alkyl halides is 3. The Morgan fingerprint density at radius 3 is 2.50 bits per heavy atom. The van der Waals surface area contributed by atoms with Crippen LogP contribution < -0.4 is 11.1 Å². The van der Waals surface area contributed by atoms with Crippen LogP contribution in [0.3, 0.4) is 0 Å². The molecule has 1 unspecified atom stereocenters. The van der Waals surface area contributed by atoms with Crippen LogP contribution in [0.4, 0.5) is 24.5 Å². The summed E-state index contributed by atoms with van der Waals surface area (Å²) < 4.78 is 37.1. The normalized spacial score (nSPS) is 15.2. The van der Waals surface area contributed by atoms with Gasteiger partial charge in [-0.15, -0.1) is 0 Å². The fraction of sp³-hybridized carbons (Fsp3) is 0.455. The topological polar surface area (TPSA) is 58.3 Å². The highest BCUT2D eigenvalue weighted by molar-refractivity contribution is 6.31. The van der Waals surface area contributed by atoms with Gasteiger partial charge in [-0.3, -0.25) is 0 Å². The lowest BCUT2D eigenvalue weighted by Gasteiger charge is -2.26. The third kappa shape index (κ3) is 3.68. The zero-order valence-electron chi connectivity index (χ0n) is 9.68. The Morgan fingerprint density at radius 2 is 2.00 bits per heavy atom. The maximum atomic E-state index is 12.4. The number of rotatable bonds is 4. The summed E-state index contributed by atoms with van der Waals surface area (Å²) in [5.41, 5.74) is 3.73. The summed E-state index contributed by atoms with van der Waals surface area (Å²) in [5, 5.41) is 12.4. The summed E-state index contributed by atoms with van der Waals surface area (Å²) in [6, 6.07) is 4.63. The number of halogens is 4. The van der Waals surface area contributed by atoms with Crippen LogP contribution in [0.1, 0.15) is 13.3 Å². The summed E-state index contributed by atoms with van der Waals surface area (Å²) in [6.07, 6.45) is -5.13. The second-order valence-electron chi connectivity index (χ2n) is 4.18. The van der Waals surface area contributed by atoms with Crippen molar-refractivity contribution in [1.82, 2.24) is 0 Å². The quantitative estimate of drug-likeness (QED) is 0.744. The fourth-order valence-corrected chi connectivity index (χ4v) is 1.46. The number of nitrogen functional groups attached to an aromatic ring is 1. The van der Waals surface area contributed by atoms with Gasteiger partial charge in [0.15, 0.2) is 5.60 Å². The first-order valence-electron chi connectivity index (χ1n) is 5.21. The highest BCUT2D eigenvalue weighted by Crippen LogP contribution is 2.32. The zero-order chi connectivity index (χ0) is 14.0. The number of hydrogen-bond donors (Lipinski definition) is 3. The second-order valence-corrected chi connectivity index (χ2v) is 4.62. The van der Waals surface area contributed by atoms with Gasteiger partial charge in [0.1, 0.15) is 0 Å². The van der Waals surface area contributed by atoms with E-state index in [9.17, 15) is 18.3 Å². The molecule has 0 bridgehead atoms. The first-order valence-corrected chi connectivity index (χ1v) is 5.59. The number of nitrogens with one attached hydrogen (secondary N) is 1. The van der Waals surface area contributed by atoms with Gasteiger partial charge in [-0.25, -0.2) is 0 Å². The van der Waals surface area contributed by atoms with E-state index >= 15 is 0 Å². The molecule has 1 atom stereocenters. The zero-order valence-corrected chi connectivity index (χ0v) is 10.4. The molecule has 0 spiro atoms. The molecule has 4 N–H and O–H groups in total. The van der Waals surface area contributed by atoms with Crippen molar-refractivity contribution in [2.24, 2.45) is 0 Å². The number of aliphatic hydroxyl groups is 1. The first-order chi connectivity index (χ1) is 8.13. The molecule has 102 valence electrons. The molecule has 0 aliphatic heterocycles. The Bertz CT molecular complexity index is 421. The van der Waals surface area contributed by atoms with E-state index in [1.165, 1.54) is 6.07 Å². The monoisotopic (exact) mass is 282 g/mol. The average Bonchev–Trinajstić information content (AvgIpc) is 2.19. The predicted octanol–water partition coefficient (Wildman–Crippen LogP) is 3.04. The van der Waals surface area contributed by atoms with Crippen molar-refractivity contribution >= 4 is 23.0 Å². The SMILES string of the molecule is CC(O)(CCNc1ccc(Cl)cc1N)C(F)(F)F. The van der Waals surface area contributed by atoms with Crippen molar-refractivity contribution in [1.29, 1.82) is 0 Å². The van der Waals surface area contributed by atoms with E-state index in [4.69, 9.17) is 17.3 Å². The van der Waals surface area contributed by atoms with Gasteiger partial charge in [0, 0.05) is 18.0 Å². The molecule has 0 amide bonds. The van der Waals surface area contributed by atoms with Crippen molar-refractivity contribution in [3.8, 4) is 0 Å². The Balaban J connectivity index is 2.57. The van der Waals surface area contributed by atoms with Crippen molar-refractivity contribution in [3.05, 3.63) is 23.2 Å². The van der Waals surface area contributed by atoms with Crippen molar-refractivity contribution < 1.29 is 18.3 Å². The van der Waals surface area contributed by atoms with Crippen LogP contribution in [0.25, 0.3) is 0 Å². The molecule has 0 aromatic heterocycles. The lowest BCUT2D eigenvalue weighted by molar-refractivity contribution is -0.253. The molecule has 0 aliphatic rings. The van der Waals surface area contributed by atoms with Crippen LogP contribution in [0.2, 0.25) is 5.02 Å². The van der Waals surface area contributed by atoms with Crippen LogP contribution >= 0.6 is 11.6 Å². The lowest BCUT2D eigenvalue weighted by Crippen LogP contribution is -2.43. The molecule has 1 rings (SSSR count). The summed E-state index contributed by atoms with van der Waals surface area (Å²) >= 11 is 5.69. The highest BCUT2D eigenvalue weighted by Gasteiger charge is 2.49. The number of nitrogens with two attached hydrogens (primary N) is 1. The minimum Gasteiger partial charge on any atom is -0.397 e. The average molecular weight is 283 g/mol. The van der Waals surface area contributed by atoms with E-state index in [2.05, 4.69) is 5.32 Å². The van der Waals surface area contributed by atoms with E-state index in [1.54, 1.807) is 12.1 Å². The van der Waals surface area contributed by atoms with E-state index in [1.807, 2.05) is 0 Å². The van der Waals surface area contributed by atoms with Gasteiger partial charge in [-0.2, -0.15) is 13.2 Å². The standard InChI is InChI=1S/C11H14ClF3N2O/c1-10(18,11(13,14)15)4-5-17-9-3-2-7(12)6-8(9)16/h2-3,6,17-18H,4-5,16H2,1H3. The summed E-state index contributed by atoms with van der Waals surface area (Å²) in [4.78, 5) is 0. The number of benzene rings is 1. The second kappa shape index (κ2) is 5.24. The van der Waals surface area contributed by atoms with Crippen LogP contribution in [-0.2, 0) is 0 Å². The van der Waals surface area contributed by atoms with Crippen LogP contribution in [0, 0.1) is 0 Å². The Kier molecular flexibility index (Phi) is 4.34. The van der Waals surface area contributed by atoms with Gasteiger partial charge in [0.25, 0.3) is 0 Å². The molecule has 1 aromatic carbocycles. The summed E-state index contributed by atoms with van der Waals surface area (Å²) in [5.74, 6) is 0. The minimum atomic E-state index is -4.65. The van der Waals surface area contributed by atoms with Crippen LogP contribution in [0.5, 0.6) is 0 Å². The van der Waals surface area contributed by atoms with Gasteiger partial charge in [0.2, 0.25) is 0 Å². The molecule has 7 heteroatoms. The van der Waals surface area contributed by atoms with E-state index in [-0.39, 0.29) is 6.54 Å². The molecular weight excluding hydrogens is 269 g/mol. The Hall–Kier alpha value is -1.14. The molecule has 3 nitrogen and oxygen atoms in total. The van der Waals surface area contributed by atoms with Crippen LogP contribution in [-0.4, -0.2) is 23.4 Å².